The summed E-state index contributed by atoms with van der Waals surface area (Å²) < 4.78 is 20.1. The summed E-state index contributed by atoms with van der Waals surface area (Å²) in [6.07, 6.45) is 4.20. The van der Waals surface area contributed by atoms with Gasteiger partial charge in [0.05, 0.1) is 0 Å². The Balaban J connectivity index is 1.76. The van der Waals surface area contributed by atoms with Crippen LogP contribution in [0.25, 0.3) is 0 Å². The summed E-state index contributed by atoms with van der Waals surface area (Å²) in [6.45, 7) is 0. The molecule has 0 bridgehead atoms. The molecular formula is C16H17FO3. The van der Waals surface area contributed by atoms with Crippen molar-refractivity contribution in [3.05, 3.63) is 35.4 Å². The largest absolute Gasteiger partial charge is 0.460 e. The van der Waals surface area contributed by atoms with Crippen LogP contribution in [-0.4, -0.2) is 23.5 Å². The van der Waals surface area contributed by atoms with E-state index in [0.29, 0.717) is 11.1 Å². The molecule has 1 saturated carbocycles. The summed E-state index contributed by atoms with van der Waals surface area (Å²) in [4.78, 5) is 24.2. The summed E-state index contributed by atoms with van der Waals surface area (Å²) in [6, 6.07) is 6.66. The van der Waals surface area contributed by atoms with E-state index in [2.05, 4.69) is 0 Å². The van der Waals surface area contributed by atoms with Gasteiger partial charge in [-0.3, -0.25) is 4.79 Å². The van der Waals surface area contributed by atoms with Gasteiger partial charge in [-0.05, 0) is 31.2 Å². The molecule has 3 rings (SSSR count). The van der Waals surface area contributed by atoms with Crippen LogP contribution in [0, 0.1) is 0 Å². The standard InChI is InChI=1S/C16H17FO3/c17-16(15(19)20-12-7-2-1-3-8-12)10-11-6-4-5-9-13(11)14(16)18/h4-6,9,12H,1-3,7-8,10H2/t16-/m1/s1. The van der Waals surface area contributed by atoms with Crippen molar-refractivity contribution in [2.45, 2.75) is 50.3 Å². The monoisotopic (exact) mass is 276 g/mol. The fraction of sp³-hybridized carbons (Fsp3) is 0.500. The maximum atomic E-state index is 14.8. The first-order valence-corrected chi connectivity index (χ1v) is 7.14. The molecule has 0 saturated heterocycles. The zero-order valence-electron chi connectivity index (χ0n) is 11.2. The lowest BCUT2D eigenvalue weighted by atomic mass is 9.97. The number of esters is 1. The number of hydrogen-bond donors (Lipinski definition) is 0. The Labute approximate surface area is 117 Å². The Morgan fingerprint density at radius 3 is 2.60 bits per heavy atom. The van der Waals surface area contributed by atoms with Gasteiger partial charge in [0.25, 0.3) is 5.67 Å². The highest BCUT2D eigenvalue weighted by Gasteiger charge is 2.54. The van der Waals surface area contributed by atoms with Gasteiger partial charge in [0.2, 0.25) is 5.78 Å². The van der Waals surface area contributed by atoms with Crippen LogP contribution in [0.5, 0.6) is 0 Å². The minimum Gasteiger partial charge on any atom is -0.460 e. The molecule has 0 aliphatic heterocycles. The van der Waals surface area contributed by atoms with Crippen LogP contribution in [0.4, 0.5) is 4.39 Å². The molecule has 1 aromatic rings. The number of rotatable bonds is 2. The molecule has 0 spiro atoms. The highest BCUT2D eigenvalue weighted by molar-refractivity contribution is 6.18. The van der Waals surface area contributed by atoms with Crippen molar-refractivity contribution in [2.75, 3.05) is 0 Å². The van der Waals surface area contributed by atoms with Crippen molar-refractivity contribution in [3.63, 3.8) is 0 Å². The summed E-state index contributed by atoms with van der Waals surface area (Å²) >= 11 is 0. The van der Waals surface area contributed by atoms with Crippen molar-refractivity contribution in [1.82, 2.24) is 0 Å². The Bertz CT molecular complexity index is 548. The van der Waals surface area contributed by atoms with Crippen LogP contribution in [0.1, 0.15) is 48.0 Å². The molecule has 3 nitrogen and oxygen atoms in total. The van der Waals surface area contributed by atoms with Crippen molar-refractivity contribution < 1.29 is 18.7 Å². The van der Waals surface area contributed by atoms with Crippen LogP contribution in [-0.2, 0) is 16.0 Å². The van der Waals surface area contributed by atoms with E-state index in [1.54, 1.807) is 24.3 Å². The van der Waals surface area contributed by atoms with Gasteiger partial charge in [0, 0.05) is 12.0 Å². The quantitative estimate of drug-likeness (QED) is 0.616. The molecule has 106 valence electrons. The van der Waals surface area contributed by atoms with Crippen molar-refractivity contribution in [3.8, 4) is 0 Å². The molecule has 2 aliphatic carbocycles. The first kappa shape index (κ1) is 13.3. The first-order valence-electron chi connectivity index (χ1n) is 7.14. The molecule has 0 unspecified atom stereocenters. The van der Waals surface area contributed by atoms with Crippen LogP contribution >= 0.6 is 0 Å². The maximum absolute atomic E-state index is 14.8. The Morgan fingerprint density at radius 1 is 1.20 bits per heavy atom. The summed E-state index contributed by atoms with van der Waals surface area (Å²) in [5, 5.41) is 0. The summed E-state index contributed by atoms with van der Waals surface area (Å²) in [5.74, 6) is -1.76. The number of hydrogen-bond acceptors (Lipinski definition) is 3. The fourth-order valence-electron chi connectivity index (χ4n) is 3.04. The third-order valence-corrected chi connectivity index (χ3v) is 4.21. The molecule has 0 amide bonds. The molecule has 2 aliphatic rings. The van der Waals surface area contributed by atoms with Gasteiger partial charge in [-0.15, -0.1) is 0 Å². The van der Waals surface area contributed by atoms with Gasteiger partial charge in [0.15, 0.2) is 0 Å². The van der Waals surface area contributed by atoms with Gasteiger partial charge in [-0.1, -0.05) is 30.7 Å². The minimum absolute atomic E-state index is 0.201. The van der Waals surface area contributed by atoms with E-state index in [4.69, 9.17) is 4.74 Å². The molecule has 1 aromatic carbocycles. The topological polar surface area (TPSA) is 43.4 Å². The Hall–Kier alpha value is -1.71. The van der Waals surface area contributed by atoms with Gasteiger partial charge < -0.3 is 4.74 Å². The first-order chi connectivity index (χ1) is 9.61. The van der Waals surface area contributed by atoms with Crippen LogP contribution < -0.4 is 0 Å². The van der Waals surface area contributed by atoms with Crippen LogP contribution in [0.3, 0.4) is 0 Å². The van der Waals surface area contributed by atoms with Crippen LogP contribution in [0.15, 0.2) is 24.3 Å². The van der Waals surface area contributed by atoms with Crippen molar-refractivity contribution in [1.29, 1.82) is 0 Å². The van der Waals surface area contributed by atoms with Gasteiger partial charge in [-0.2, -0.15) is 0 Å². The third-order valence-electron chi connectivity index (χ3n) is 4.21. The molecule has 4 heteroatoms. The summed E-state index contributed by atoms with van der Waals surface area (Å²) in [5.41, 5.74) is -1.64. The van der Waals surface area contributed by atoms with Crippen molar-refractivity contribution >= 4 is 11.8 Å². The highest BCUT2D eigenvalue weighted by atomic mass is 19.1. The maximum Gasteiger partial charge on any atom is 0.352 e. The molecule has 0 aromatic heterocycles. The van der Waals surface area contributed by atoms with E-state index in [-0.39, 0.29) is 12.5 Å². The minimum atomic E-state index is -2.53. The average Bonchev–Trinajstić information content (AvgIpc) is 2.73. The fourth-order valence-corrected chi connectivity index (χ4v) is 3.04. The Morgan fingerprint density at radius 2 is 1.90 bits per heavy atom. The molecule has 0 heterocycles. The van der Waals surface area contributed by atoms with Crippen molar-refractivity contribution in [2.24, 2.45) is 0 Å². The van der Waals surface area contributed by atoms with Gasteiger partial charge in [-0.25, -0.2) is 9.18 Å². The van der Waals surface area contributed by atoms with Crippen LogP contribution in [0.2, 0.25) is 0 Å². The number of fused-ring (bicyclic) bond motifs is 1. The van der Waals surface area contributed by atoms with E-state index in [1.807, 2.05) is 0 Å². The van der Waals surface area contributed by atoms with E-state index >= 15 is 0 Å². The number of carbonyl (C=O) groups excluding carboxylic acids is 2. The molecular weight excluding hydrogens is 259 g/mol. The lowest BCUT2D eigenvalue weighted by Crippen LogP contribution is -2.43. The van der Waals surface area contributed by atoms with E-state index in [9.17, 15) is 14.0 Å². The lowest BCUT2D eigenvalue weighted by molar-refractivity contribution is -0.161. The lowest BCUT2D eigenvalue weighted by Gasteiger charge is -2.25. The smallest absolute Gasteiger partial charge is 0.352 e. The average molecular weight is 276 g/mol. The number of alkyl halides is 1. The zero-order chi connectivity index (χ0) is 14.2. The third kappa shape index (κ3) is 2.13. The normalized spacial score (nSPS) is 26.4. The molecule has 0 N–H and O–H groups in total. The predicted octanol–water partition coefficient (Wildman–Crippen LogP) is 3.01. The molecule has 1 atom stereocenters. The number of Topliss-reactive ketones (excluding diaryl/α,β-unsaturated/α-hetero) is 1. The van der Waals surface area contributed by atoms with E-state index < -0.39 is 17.4 Å². The highest BCUT2D eigenvalue weighted by Crippen LogP contribution is 2.35. The summed E-state index contributed by atoms with van der Waals surface area (Å²) in [7, 11) is 0. The number of halogens is 1. The second-order valence-corrected chi connectivity index (χ2v) is 5.63. The van der Waals surface area contributed by atoms with Gasteiger partial charge >= 0.3 is 5.97 Å². The number of ketones is 1. The molecule has 1 fully saturated rings. The van der Waals surface area contributed by atoms with E-state index in [0.717, 1.165) is 32.1 Å². The number of benzene rings is 1. The second-order valence-electron chi connectivity index (χ2n) is 5.63. The van der Waals surface area contributed by atoms with Gasteiger partial charge in [0.1, 0.15) is 6.10 Å². The Kier molecular flexibility index (Phi) is 3.32. The zero-order valence-corrected chi connectivity index (χ0v) is 11.2. The molecule has 20 heavy (non-hydrogen) atoms. The molecule has 0 radical (unpaired) electrons. The van der Waals surface area contributed by atoms with E-state index in [1.165, 1.54) is 0 Å². The SMILES string of the molecule is O=C(OC1CCCCC1)[C@@]1(F)Cc2ccccc2C1=O. The second kappa shape index (κ2) is 5.00. The number of carbonyl (C=O) groups is 2. The predicted molar refractivity (Wildman–Crippen MR) is 71.3 cm³/mol. The number of ether oxygens (including phenoxy) is 1.